The number of hydrogen-bond donors (Lipinski definition) is 1. The molecule has 0 aliphatic heterocycles. The molecule has 0 aliphatic carbocycles. The van der Waals surface area contributed by atoms with Crippen molar-refractivity contribution in [3.05, 3.63) is 34.1 Å². The first-order valence-electron chi connectivity index (χ1n) is 5.41. The van der Waals surface area contributed by atoms with E-state index in [4.69, 9.17) is 5.11 Å². The number of carboxylic acids is 1. The summed E-state index contributed by atoms with van der Waals surface area (Å²) in [6.07, 6.45) is 0.651. The predicted octanol–water partition coefficient (Wildman–Crippen LogP) is 2.53. The van der Waals surface area contributed by atoms with E-state index < -0.39 is 17.7 Å². The van der Waals surface area contributed by atoms with Gasteiger partial charge in [-0.1, -0.05) is 6.92 Å². The number of carbonyl (C=O) groups excluding carboxylic acids is 1. The molecule has 1 N–H and O–H groups in total. The van der Waals surface area contributed by atoms with Crippen LogP contribution >= 0.6 is 15.9 Å². The van der Waals surface area contributed by atoms with Crippen LogP contribution in [-0.4, -0.2) is 35.0 Å². The Labute approximate surface area is 113 Å². The van der Waals surface area contributed by atoms with Gasteiger partial charge in [-0.3, -0.25) is 9.59 Å². The summed E-state index contributed by atoms with van der Waals surface area (Å²) in [7, 11) is 0. The van der Waals surface area contributed by atoms with E-state index in [1.54, 1.807) is 0 Å². The molecule has 0 atom stereocenters. The lowest BCUT2D eigenvalue weighted by molar-refractivity contribution is -0.137. The molecule has 0 fully saturated rings. The number of nitrogens with zero attached hydrogens (tertiary/aromatic N) is 1. The molecule has 1 rings (SSSR count). The molecule has 0 heterocycles. The van der Waals surface area contributed by atoms with Gasteiger partial charge in [-0.2, -0.15) is 0 Å². The molecule has 0 aromatic heterocycles. The van der Waals surface area contributed by atoms with Gasteiger partial charge in [-0.15, -0.1) is 0 Å². The molecule has 0 unspecified atom stereocenters. The standard InChI is InChI=1S/C12H13BrFNO3/c1-2-5-15(7-11(16)17)12(18)9-4-3-8(14)6-10(9)13/h3-4,6H,2,5,7H2,1H3,(H,16,17). The normalized spacial score (nSPS) is 10.2. The van der Waals surface area contributed by atoms with E-state index in [1.807, 2.05) is 6.92 Å². The van der Waals surface area contributed by atoms with Crippen LogP contribution in [0.3, 0.4) is 0 Å². The SMILES string of the molecule is CCCN(CC(=O)O)C(=O)c1ccc(F)cc1Br. The van der Waals surface area contributed by atoms with Crippen LogP contribution in [0, 0.1) is 5.82 Å². The smallest absolute Gasteiger partial charge is 0.323 e. The lowest BCUT2D eigenvalue weighted by atomic mass is 10.2. The van der Waals surface area contributed by atoms with Gasteiger partial charge in [0.2, 0.25) is 0 Å². The third kappa shape index (κ3) is 3.80. The number of carbonyl (C=O) groups is 2. The average molecular weight is 318 g/mol. The maximum Gasteiger partial charge on any atom is 0.323 e. The van der Waals surface area contributed by atoms with Crippen molar-refractivity contribution in [2.75, 3.05) is 13.1 Å². The van der Waals surface area contributed by atoms with Gasteiger partial charge in [-0.05, 0) is 40.5 Å². The summed E-state index contributed by atoms with van der Waals surface area (Å²) in [5.41, 5.74) is 0.256. The van der Waals surface area contributed by atoms with Crippen LogP contribution in [0.1, 0.15) is 23.7 Å². The molecule has 0 spiro atoms. The summed E-state index contributed by atoms with van der Waals surface area (Å²) in [6.45, 7) is 1.83. The van der Waals surface area contributed by atoms with Gasteiger partial charge >= 0.3 is 5.97 Å². The van der Waals surface area contributed by atoms with Crippen LogP contribution < -0.4 is 0 Å². The third-order valence-corrected chi connectivity index (χ3v) is 2.92. The van der Waals surface area contributed by atoms with Gasteiger partial charge in [0.15, 0.2) is 0 Å². The second-order valence-electron chi connectivity index (χ2n) is 3.74. The van der Waals surface area contributed by atoms with Crippen LogP contribution in [0.25, 0.3) is 0 Å². The molecule has 18 heavy (non-hydrogen) atoms. The number of carboxylic acid groups (broad SMARTS) is 1. The highest BCUT2D eigenvalue weighted by Gasteiger charge is 2.20. The van der Waals surface area contributed by atoms with Crippen molar-refractivity contribution in [2.45, 2.75) is 13.3 Å². The van der Waals surface area contributed by atoms with Crippen LogP contribution in [0.5, 0.6) is 0 Å². The molecule has 0 saturated heterocycles. The largest absolute Gasteiger partial charge is 0.480 e. The van der Waals surface area contributed by atoms with Gasteiger partial charge in [-0.25, -0.2) is 4.39 Å². The van der Waals surface area contributed by atoms with Gasteiger partial charge in [0.1, 0.15) is 12.4 Å². The molecule has 6 heteroatoms. The molecule has 1 aromatic rings. The Balaban J connectivity index is 2.97. The van der Waals surface area contributed by atoms with Crippen molar-refractivity contribution in [1.82, 2.24) is 4.90 Å². The summed E-state index contributed by atoms with van der Waals surface area (Å²) in [6, 6.07) is 3.69. The van der Waals surface area contributed by atoms with Gasteiger partial charge in [0.25, 0.3) is 5.91 Å². The maximum absolute atomic E-state index is 12.9. The van der Waals surface area contributed by atoms with Crippen molar-refractivity contribution in [3.63, 3.8) is 0 Å². The Morgan fingerprint density at radius 3 is 2.61 bits per heavy atom. The molecule has 1 aromatic carbocycles. The number of hydrogen-bond acceptors (Lipinski definition) is 2. The fourth-order valence-electron chi connectivity index (χ4n) is 1.52. The summed E-state index contributed by atoms with van der Waals surface area (Å²) in [5, 5.41) is 8.75. The lowest BCUT2D eigenvalue weighted by Gasteiger charge is -2.20. The topological polar surface area (TPSA) is 57.6 Å². The second-order valence-corrected chi connectivity index (χ2v) is 4.60. The zero-order chi connectivity index (χ0) is 13.7. The van der Waals surface area contributed by atoms with Crippen molar-refractivity contribution in [2.24, 2.45) is 0 Å². The Morgan fingerprint density at radius 2 is 2.11 bits per heavy atom. The monoisotopic (exact) mass is 317 g/mol. The van der Waals surface area contributed by atoms with E-state index >= 15 is 0 Å². The second kappa shape index (κ2) is 6.49. The number of amides is 1. The highest BCUT2D eigenvalue weighted by Crippen LogP contribution is 2.19. The van der Waals surface area contributed by atoms with E-state index in [-0.39, 0.29) is 12.1 Å². The van der Waals surface area contributed by atoms with Crippen LogP contribution in [-0.2, 0) is 4.79 Å². The van der Waals surface area contributed by atoms with Gasteiger partial charge in [0, 0.05) is 11.0 Å². The van der Waals surface area contributed by atoms with Crippen LogP contribution in [0.2, 0.25) is 0 Å². The molecular formula is C12H13BrFNO3. The maximum atomic E-state index is 12.9. The highest BCUT2D eigenvalue weighted by atomic mass is 79.9. The van der Waals surface area contributed by atoms with E-state index in [2.05, 4.69) is 15.9 Å². The zero-order valence-corrected chi connectivity index (χ0v) is 11.4. The first kappa shape index (κ1) is 14.6. The number of benzene rings is 1. The van der Waals surface area contributed by atoms with Crippen molar-refractivity contribution >= 4 is 27.8 Å². The van der Waals surface area contributed by atoms with Gasteiger partial charge < -0.3 is 10.0 Å². The molecular weight excluding hydrogens is 305 g/mol. The summed E-state index contributed by atoms with van der Waals surface area (Å²) >= 11 is 3.10. The summed E-state index contributed by atoms with van der Waals surface area (Å²) < 4.78 is 13.2. The first-order chi connectivity index (χ1) is 8.45. The zero-order valence-electron chi connectivity index (χ0n) is 9.82. The molecule has 1 amide bonds. The molecule has 0 radical (unpaired) electrons. The number of rotatable bonds is 5. The van der Waals surface area contributed by atoms with E-state index in [0.29, 0.717) is 17.4 Å². The molecule has 4 nitrogen and oxygen atoms in total. The predicted molar refractivity (Wildman–Crippen MR) is 67.9 cm³/mol. The fourth-order valence-corrected chi connectivity index (χ4v) is 2.04. The van der Waals surface area contributed by atoms with E-state index in [9.17, 15) is 14.0 Å². The minimum absolute atomic E-state index is 0.256. The van der Waals surface area contributed by atoms with Gasteiger partial charge in [0.05, 0.1) is 5.56 Å². The molecule has 0 aliphatic rings. The van der Waals surface area contributed by atoms with E-state index in [1.165, 1.54) is 23.1 Å². The van der Waals surface area contributed by atoms with E-state index in [0.717, 1.165) is 0 Å². The minimum atomic E-state index is -1.07. The minimum Gasteiger partial charge on any atom is -0.480 e. The molecule has 98 valence electrons. The van der Waals surface area contributed by atoms with Crippen LogP contribution in [0.4, 0.5) is 4.39 Å². The number of halogens is 2. The Morgan fingerprint density at radius 1 is 1.44 bits per heavy atom. The summed E-state index contributed by atoms with van der Waals surface area (Å²) in [4.78, 5) is 24.0. The van der Waals surface area contributed by atoms with Crippen molar-refractivity contribution in [3.8, 4) is 0 Å². The lowest BCUT2D eigenvalue weighted by Crippen LogP contribution is -2.36. The first-order valence-corrected chi connectivity index (χ1v) is 6.21. The quantitative estimate of drug-likeness (QED) is 0.907. The van der Waals surface area contributed by atoms with Crippen molar-refractivity contribution in [1.29, 1.82) is 0 Å². The van der Waals surface area contributed by atoms with Crippen LogP contribution in [0.15, 0.2) is 22.7 Å². The van der Waals surface area contributed by atoms with Crippen molar-refractivity contribution < 1.29 is 19.1 Å². The fraction of sp³-hybridized carbons (Fsp3) is 0.333. The Bertz CT molecular complexity index is 465. The summed E-state index contributed by atoms with van der Waals surface area (Å²) in [5.74, 6) is -1.96. The average Bonchev–Trinajstić information content (AvgIpc) is 2.27. The Kier molecular flexibility index (Phi) is 5.27. The highest BCUT2D eigenvalue weighted by molar-refractivity contribution is 9.10. The molecule has 0 bridgehead atoms. The number of aliphatic carboxylic acids is 1. The third-order valence-electron chi connectivity index (χ3n) is 2.27. The Hall–Kier alpha value is -1.43. The molecule has 0 saturated carbocycles.